The van der Waals surface area contributed by atoms with E-state index in [4.69, 9.17) is 22.1 Å². The van der Waals surface area contributed by atoms with Gasteiger partial charge in [-0.2, -0.15) is 0 Å². The van der Waals surface area contributed by atoms with Crippen molar-refractivity contribution in [1.29, 1.82) is 0 Å². The van der Waals surface area contributed by atoms with Crippen LogP contribution in [0, 0.1) is 0 Å². The lowest BCUT2D eigenvalue weighted by molar-refractivity contribution is 0.306. The molecule has 0 saturated carbocycles. The Bertz CT molecular complexity index is 496. The maximum absolute atomic E-state index is 6.06. The molecule has 0 radical (unpaired) electrons. The van der Waals surface area contributed by atoms with Gasteiger partial charge in [-0.05, 0) is 36.7 Å². The van der Waals surface area contributed by atoms with Crippen molar-refractivity contribution in [3.63, 3.8) is 0 Å². The van der Waals surface area contributed by atoms with Crippen molar-refractivity contribution in [2.75, 3.05) is 6.54 Å². The summed E-state index contributed by atoms with van der Waals surface area (Å²) in [5, 5.41) is 0.734. The van der Waals surface area contributed by atoms with Crippen LogP contribution in [0.15, 0.2) is 48.5 Å². The third-order valence-corrected chi connectivity index (χ3v) is 3.08. The highest BCUT2D eigenvalue weighted by molar-refractivity contribution is 6.31. The Kier molecular flexibility index (Phi) is 4.62. The van der Waals surface area contributed by atoms with E-state index in [2.05, 4.69) is 0 Å². The number of hydrogen-bond acceptors (Lipinski definition) is 2. The van der Waals surface area contributed by atoms with E-state index in [0.29, 0.717) is 13.2 Å². The van der Waals surface area contributed by atoms with Crippen LogP contribution in [0.1, 0.15) is 11.1 Å². The van der Waals surface area contributed by atoms with Crippen LogP contribution in [-0.4, -0.2) is 6.54 Å². The van der Waals surface area contributed by atoms with E-state index in [0.717, 1.165) is 22.8 Å². The predicted molar refractivity (Wildman–Crippen MR) is 75.0 cm³/mol. The number of halogens is 1. The second-order valence-corrected chi connectivity index (χ2v) is 4.47. The van der Waals surface area contributed by atoms with Crippen LogP contribution in [0.25, 0.3) is 0 Å². The molecule has 0 aliphatic carbocycles. The molecule has 0 saturated heterocycles. The molecule has 2 rings (SSSR count). The Morgan fingerprint density at radius 3 is 2.39 bits per heavy atom. The molecule has 0 amide bonds. The lowest BCUT2D eigenvalue weighted by Gasteiger charge is -2.08. The van der Waals surface area contributed by atoms with Crippen molar-refractivity contribution in [2.24, 2.45) is 5.73 Å². The molecule has 0 spiro atoms. The van der Waals surface area contributed by atoms with Gasteiger partial charge in [0.2, 0.25) is 0 Å². The second-order valence-electron chi connectivity index (χ2n) is 4.06. The first kappa shape index (κ1) is 12.9. The molecule has 94 valence electrons. The smallest absolute Gasteiger partial charge is 0.119 e. The van der Waals surface area contributed by atoms with E-state index in [-0.39, 0.29) is 0 Å². The zero-order valence-corrected chi connectivity index (χ0v) is 10.9. The van der Waals surface area contributed by atoms with Gasteiger partial charge in [0.15, 0.2) is 0 Å². The second kappa shape index (κ2) is 6.43. The number of nitrogens with two attached hydrogens (primary N) is 1. The van der Waals surface area contributed by atoms with E-state index >= 15 is 0 Å². The maximum atomic E-state index is 6.06. The SMILES string of the molecule is NCCc1ccc(OCc2ccccc2Cl)cc1. The third-order valence-electron chi connectivity index (χ3n) is 2.71. The summed E-state index contributed by atoms with van der Waals surface area (Å²) in [4.78, 5) is 0. The standard InChI is InChI=1S/C15H16ClNO/c16-15-4-2-1-3-13(15)11-18-14-7-5-12(6-8-14)9-10-17/h1-8H,9-11,17H2. The molecule has 0 aromatic heterocycles. The van der Waals surface area contributed by atoms with Gasteiger partial charge in [0.25, 0.3) is 0 Å². The minimum Gasteiger partial charge on any atom is -0.489 e. The Morgan fingerprint density at radius 1 is 1.00 bits per heavy atom. The van der Waals surface area contributed by atoms with E-state index in [9.17, 15) is 0 Å². The van der Waals surface area contributed by atoms with Gasteiger partial charge in [-0.3, -0.25) is 0 Å². The number of hydrogen-bond donors (Lipinski definition) is 1. The summed E-state index contributed by atoms with van der Waals surface area (Å²) in [5.74, 6) is 0.843. The van der Waals surface area contributed by atoms with Gasteiger partial charge in [0, 0.05) is 10.6 Å². The number of ether oxygens (including phenoxy) is 1. The fourth-order valence-corrected chi connectivity index (χ4v) is 1.89. The molecular formula is C15H16ClNO. The molecule has 2 aromatic carbocycles. The van der Waals surface area contributed by atoms with E-state index in [1.807, 2.05) is 48.5 Å². The first-order valence-electron chi connectivity index (χ1n) is 5.95. The van der Waals surface area contributed by atoms with Crippen molar-refractivity contribution in [3.05, 3.63) is 64.7 Å². The van der Waals surface area contributed by atoms with Gasteiger partial charge in [0.05, 0.1) is 0 Å². The Morgan fingerprint density at radius 2 is 1.72 bits per heavy atom. The van der Waals surface area contributed by atoms with Gasteiger partial charge >= 0.3 is 0 Å². The monoisotopic (exact) mass is 261 g/mol. The third kappa shape index (κ3) is 3.49. The number of rotatable bonds is 5. The molecule has 2 nitrogen and oxygen atoms in total. The topological polar surface area (TPSA) is 35.2 Å². The molecule has 0 unspecified atom stereocenters. The maximum Gasteiger partial charge on any atom is 0.119 e. The van der Waals surface area contributed by atoms with E-state index in [1.165, 1.54) is 5.56 Å². The Balaban J connectivity index is 1.96. The summed E-state index contributed by atoms with van der Waals surface area (Å²) in [6.07, 6.45) is 0.894. The molecule has 2 aromatic rings. The van der Waals surface area contributed by atoms with Crippen LogP contribution < -0.4 is 10.5 Å². The average Bonchev–Trinajstić information content (AvgIpc) is 2.40. The molecular weight excluding hydrogens is 246 g/mol. The van der Waals surface area contributed by atoms with E-state index in [1.54, 1.807) is 0 Å². The summed E-state index contributed by atoms with van der Waals surface area (Å²) in [6.45, 7) is 1.15. The minimum atomic E-state index is 0.482. The fourth-order valence-electron chi connectivity index (χ4n) is 1.70. The zero-order chi connectivity index (χ0) is 12.8. The lowest BCUT2D eigenvalue weighted by atomic mass is 10.1. The van der Waals surface area contributed by atoms with Crippen LogP contribution >= 0.6 is 11.6 Å². The lowest BCUT2D eigenvalue weighted by Crippen LogP contribution is -2.02. The van der Waals surface area contributed by atoms with E-state index < -0.39 is 0 Å². The predicted octanol–water partition coefficient (Wildman–Crippen LogP) is 3.42. The van der Waals surface area contributed by atoms with Crippen molar-refractivity contribution < 1.29 is 4.74 Å². The molecule has 0 fully saturated rings. The van der Waals surface area contributed by atoms with Crippen LogP contribution in [0.3, 0.4) is 0 Å². The van der Waals surface area contributed by atoms with Crippen molar-refractivity contribution in [2.45, 2.75) is 13.0 Å². The van der Waals surface area contributed by atoms with Gasteiger partial charge < -0.3 is 10.5 Å². The summed E-state index contributed by atoms with van der Waals surface area (Å²) in [5.41, 5.74) is 7.72. The highest BCUT2D eigenvalue weighted by Crippen LogP contribution is 2.18. The zero-order valence-electron chi connectivity index (χ0n) is 10.1. The van der Waals surface area contributed by atoms with Crippen molar-refractivity contribution in [1.82, 2.24) is 0 Å². The Labute approximate surface area is 112 Å². The Hall–Kier alpha value is -1.51. The normalized spacial score (nSPS) is 10.3. The van der Waals surface area contributed by atoms with Gasteiger partial charge in [0.1, 0.15) is 12.4 Å². The number of benzene rings is 2. The quantitative estimate of drug-likeness (QED) is 0.895. The molecule has 0 atom stereocenters. The van der Waals surface area contributed by atoms with Crippen molar-refractivity contribution >= 4 is 11.6 Å². The van der Waals surface area contributed by atoms with Crippen molar-refractivity contribution in [3.8, 4) is 5.75 Å². The molecule has 0 aliphatic heterocycles. The largest absolute Gasteiger partial charge is 0.489 e. The molecule has 0 bridgehead atoms. The summed E-state index contributed by atoms with van der Waals surface area (Å²) in [7, 11) is 0. The summed E-state index contributed by atoms with van der Waals surface area (Å²) in [6, 6.07) is 15.7. The fraction of sp³-hybridized carbons (Fsp3) is 0.200. The van der Waals surface area contributed by atoms with Crippen LogP contribution in [-0.2, 0) is 13.0 Å². The van der Waals surface area contributed by atoms with Crippen LogP contribution in [0.5, 0.6) is 5.75 Å². The molecule has 0 aliphatic rings. The highest BCUT2D eigenvalue weighted by atomic mass is 35.5. The molecule has 3 heteroatoms. The van der Waals surface area contributed by atoms with Crippen LogP contribution in [0.4, 0.5) is 0 Å². The minimum absolute atomic E-state index is 0.482. The first-order valence-corrected chi connectivity index (χ1v) is 6.32. The first-order chi connectivity index (χ1) is 8.79. The van der Waals surface area contributed by atoms with Gasteiger partial charge in [-0.25, -0.2) is 0 Å². The van der Waals surface area contributed by atoms with Crippen LogP contribution in [0.2, 0.25) is 5.02 Å². The average molecular weight is 262 g/mol. The van der Waals surface area contributed by atoms with Gasteiger partial charge in [-0.15, -0.1) is 0 Å². The summed E-state index contributed by atoms with van der Waals surface area (Å²) < 4.78 is 5.69. The summed E-state index contributed by atoms with van der Waals surface area (Å²) >= 11 is 6.06. The highest BCUT2D eigenvalue weighted by Gasteiger charge is 2.00. The molecule has 18 heavy (non-hydrogen) atoms. The molecule has 0 heterocycles. The molecule has 2 N–H and O–H groups in total. The van der Waals surface area contributed by atoms with Gasteiger partial charge in [-0.1, -0.05) is 41.9 Å².